The van der Waals surface area contributed by atoms with Crippen molar-refractivity contribution in [1.82, 2.24) is 48.6 Å². The fourth-order valence-electron chi connectivity index (χ4n) is 24.7. The van der Waals surface area contributed by atoms with E-state index in [2.05, 4.69) is 482 Å². The highest BCUT2D eigenvalue weighted by atomic mass is 16.3. The topological polar surface area (TPSA) is 118 Å². The molecule has 702 valence electrons. The Labute approximate surface area is 857 Å². The smallest absolute Gasteiger partial charge is 0.238 e. The third kappa shape index (κ3) is 13.6. The van der Waals surface area contributed by atoms with Crippen LogP contribution in [0.2, 0.25) is 0 Å². The van der Waals surface area contributed by atoms with Crippen molar-refractivity contribution < 1.29 is 4.42 Å². The van der Waals surface area contributed by atoms with E-state index in [1.807, 2.05) is 36.4 Å². The van der Waals surface area contributed by atoms with Crippen molar-refractivity contribution in [2.75, 3.05) is 0 Å². The summed E-state index contributed by atoms with van der Waals surface area (Å²) in [4.78, 5) is 37.1. The van der Waals surface area contributed by atoms with E-state index in [9.17, 15) is 0 Å². The number of rotatable bonds is 11. The maximum absolute atomic E-state index is 6.49. The summed E-state index contributed by atoms with van der Waals surface area (Å²) in [5, 5.41) is 9.50. The van der Waals surface area contributed by atoms with Crippen LogP contribution in [0.5, 0.6) is 0 Å². The Balaban J connectivity index is 0.000000107. The van der Waals surface area contributed by atoms with Gasteiger partial charge in [0, 0.05) is 98.1 Å². The van der Waals surface area contributed by atoms with Gasteiger partial charge in [-0.25, -0.2) is 24.9 Å². The molecule has 0 bridgehead atoms. The second kappa shape index (κ2) is 33.6. The molecular formula is C137H98N10O. The van der Waals surface area contributed by atoms with Crippen molar-refractivity contribution in [3.8, 4) is 152 Å². The second-order valence-corrected chi connectivity index (χ2v) is 41.7. The molecule has 0 N–H and O–H groups in total. The third-order valence-electron chi connectivity index (χ3n) is 31.9. The SMILES string of the molecule is CC1(C)c2ccccc2-c2c1ccc1c2c2ccccc2n1-c1nc(-c2ccccc2)cc(-c2cccc3c2oc2ccccc23)n1.CC1(C)c2ccccc2-c2c1ccc1c2c2ccccc2n1-c1nc(-c2ccccc2)nc(-c2cc(-c3ccccc3)cc(-c3ccccc3)c2)n1.CC1(C)c2ccccc2-c2ccc(-c3cc(-c4ccccc4)nc(-n4c5ccccc5c5c6c(ccc54)C(C)(C)c4ccccc4-6)n3)cc21. The Morgan fingerprint density at radius 1 is 0.182 bits per heavy atom. The van der Waals surface area contributed by atoms with Crippen LogP contribution in [0.1, 0.15) is 99.9 Å². The van der Waals surface area contributed by atoms with Crippen LogP contribution in [0, 0.1) is 0 Å². The van der Waals surface area contributed by atoms with E-state index in [0.717, 1.165) is 133 Å². The molecule has 0 saturated carbocycles. The minimum atomic E-state index is -0.107. The minimum Gasteiger partial charge on any atom is -0.455 e. The summed E-state index contributed by atoms with van der Waals surface area (Å²) in [6.45, 7) is 18.7. The van der Waals surface area contributed by atoms with Crippen LogP contribution >= 0.6 is 0 Å². The molecule has 11 nitrogen and oxygen atoms in total. The Bertz CT molecular complexity index is 9920. The van der Waals surface area contributed by atoms with E-state index < -0.39 is 0 Å². The molecule has 0 fully saturated rings. The molecule has 0 amide bonds. The Kier molecular flexibility index (Phi) is 19.8. The maximum Gasteiger partial charge on any atom is 0.238 e. The van der Waals surface area contributed by atoms with E-state index in [1.54, 1.807) is 0 Å². The van der Waals surface area contributed by atoms with Crippen LogP contribution in [0.15, 0.2) is 453 Å². The molecule has 11 heteroatoms. The van der Waals surface area contributed by atoms with Gasteiger partial charge in [0.05, 0.1) is 55.9 Å². The molecule has 0 unspecified atom stereocenters. The number of hydrogen-bond donors (Lipinski definition) is 0. The van der Waals surface area contributed by atoms with Crippen LogP contribution < -0.4 is 0 Å². The van der Waals surface area contributed by atoms with Crippen molar-refractivity contribution in [2.45, 2.75) is 77.0 Å². The zero-order valence-electron chi connectivity index (χ0n) is 83.1. The summed E-state index contributed by atoms with van der Waals surface area (Å²) in [5.41, 5.74) is 43.2. The largest absolute Gasteiger partial charge is 0.455 e. The number of aromatic nitrogens is 10. The Morgan fingerprint density at radius 2 is 0.500 bits per heavy atom. The number of fused-ring (bicyclic) bond motifs is 27. The van der Waals surface area contributed by atoms with Gasteiger partial charge in [-0.1, -0.05) is 419 Å². The molecule has 7 heterocycles. The number of nitrogens with zero attached hydrogens (tertiary/aromatic N) is 10. The lowest BCUT2D eigenvalue weighted by Gasteiger charge is -2.22. The summed E-state index contributed by atoms with van der Waals surface area (Å²) < 4.78 is 13.2. The molecular weight excluding hydrogens is 1800 g/mol. The summed E-state index contributed by atoms with van der Waals surface area (Å²) in [6, 6.07) is 160. The van der Waals surface area contributed by atoms with Crippen molar-refractivity contribution in [3.63, 3.8) is 0 Å². The molecule has 26 aromatic rings. The van der Waals surface area contributed by atoms with Gasteiger partial charge in [-0.05, 0) is 196 Å². The summed E-state index contributed by atoms with van der Waals surface area (Å²) >= 11 is 0. The van der Waals surface area contributed by atoms with E-state index in [0.29, 0.717) is 29.5 Å². The highest BCUT2D eigenvalue weighted by Gasteiger charge is 2.43. The molecule has 0 spiro atoms. The van der Waals surface area contributed by atoms with Gasteiger partial charge in [0.25, 0.3) is 0 Å². The predicted octanol–water partition coefficient (Wildman–Crippen LogP) is 34.6. The highest BCUT2D eigenvalue weighted by Crippen LogP contribution is 2.59. The first-order valence-electron chi connectivity index (χ1n) is 51.1. The summed E-state index contributed by atoms with van der Waals surface area (Å²) in [5.74, 6) is 3.15. The molecule has 7 aromatic heterocycles. The van der Waals surface area contributed by atoms with E-state index in [-0.39, 0.29) is 21.7 Å². The third-order valence-corrected chi connectivity index (χ3v) is 31.9. The fourth-order valence-corrected chi connectivity index (χ4v) is 24.7. The average Bonchev–Trinajstić information content (AvgIpc) is 1.54. The molecule has 0 radical (unpaired) electrons. The first-order valence-corrected chi connectivity index (χ1v) is 51.1. The van der Waals surface area contributed by atoms with Crippen LogP contribution in [-0.4, -0.2) is 48.6 Å². The maximum atomic E-state index is 6.49. The van der Waals surface area contributed by atoms with E-state index in [4.69, 9.17) is 39.3 Å². The van der Waals surface area contributed by atoms with Crippen LogP contribution in [0.3, 0.4) is 0 Å². The Hall–Kier alpha value is -18.5. The standard InChI is InChI=1S/C48H34N4.C46H35N3.C43H29N3O/c1-48(2)39-24-14-12-22-37(39)43-40(48)26-27-42-44(43)38-23-13-15-25-41(38)52(42)47-50-45(33-20-10-5-11-21-33)49-46(51-47)36-29-34(31-16-6-3-7-17-31)28-35(30-36)32-18-8-4-9-19-32;1-45(2)35-20-12-9-17-32(35)42-36(45)24-25-41-43(42)33-18-10-13-21-40(33)49(41)44-47-38(28-14-6-5-7-15-28)27-39(48-44)29-22-23-31-30-16-8-11-19-34(30)46(3,4)37(31)26-29;1-43(2)32-20-9-6-16-29(32)39-33(43)23-24-37-40(39)31-17-7-10-21-36(31)46(37)42-44-34(26-13-4-3-5-14-26)25-35(45-42)30-19-12-18-28-27-15-8-11-22-38(27)47-41(28)30/h3-30H,1-2H3;5-27H,1-4H3;3-25H,1-2H3. The van der Waals surface area contributed by atoms with Crippen molar-refractivity contribution >= 4 is 87.4 Å². The molecule has 148 heavy (non-hydrogen) atoms. The van der Waals surface area contributed by atoms with Gasteiger partial charge in [0.15, 0.2) is 11.6 Å². The van der Waals surface area contributed by atoms with Crippen molar-refractivity contribution in [3.05, 3.63) is 493 Å². The Morgan fingerprint density at radius 3 is 0.953 bits per heavy atom. The average molecular weight is 1900 g/mol. The molecule has 0 atom stereocenters. The van der Waals surface area contributed by atoms with Gasteiger partial charge >= 0.3 is 0 Å². The first kappa shape index (κ1) is 87.4. The molecule has 0 saturated heterocycles. The van der Waals surface area contributed by atoms with Crippen molar-refractivity contribution in [2.24, 2.45) is 0 Å². The van der Waals surface area contributed by atoms with Crippen LogP contribution in [0.25, 0.3) is 240 Å². The summed E-state index contributed by atoms with van der Waals surface area (Å²) in [7, 11) is 0. The number of hydrogen-bond acceptors (Lipinski definition) is 8. The van der Waals surface area contributed by atoms with Gasteiger partial charge in [0.2, 0.25) is 17.8 Å². The van der Waals surface area contributed by atoms with Gasteiger partial charge in [-0.3, -0.25) is 13.7 Å². The molecule has 19 aromatic carbocycles. The monoisotopic (exact) mass is 1900 g/mol. The molecule has 4 aliphatic rings. The first-order chi connectivity index (χ1) is 72.4. The number of furan rings is 1. The normalized spacial score (nSPS) is 13.8. The molecule has 0 aliphatic heterocycles. The lowest BCUT2D eigenvalue weighted by molar-refractivity contribution is 0.660. The summed E-state index contributed by atoms with van der Waals surface area (Å²) in [6.07, 6.45) is 0. The van der Waals surface area contributed by atoms with Gasteiger partial charge in [0.1, 0.15) is 11.2 Å². The zero-order valence-corrected chi connectivity index (χ0v) is 83.1. The highest BCUT2D eigenvalue weighted by molar-refractivity contribution is 6.21. The van der Waals surface area contributed by atoms with Crippen molar-refractivity contribution in [1.29, 1.82) is 0 Å². The second-order valence-electron chi connectivity index (χ2n) is 41.7. The number of para-hydroxylation sites is 5. The fraction of sp³-hybridized carbons (Fsp3) is 0.0876. The van der Waals surface area contributed by atoms with Crippen LogP contribution in [0.4, 0.5) is 0 Å². The van der Waals surface area contributed by atoms with Gasteiger partial charge in [-0.2, -0.15) is 9.97 Å². The van der Waals surface area contributed by atoms with Crippen LogP contribution in [-0.2, 0) is 21.7 Å². The lowest BCUT2D eigenvalue weighted by atomic mass is 9.82. The zero-order chi connectivity index (χ0) is 99.2. The van der Waals surface area contributed by atoms with Gasteiger partial charge < -0.3 is 4.42 Å². The lowest BCUT2D eigenvalue weighted by Crippen LogP contribution is -2.15. The number of benzene rings is 19. The molecule has 30 rings (SSSR count). The quantitative estimate of drug-likeness (QED) is 0.126. The van der Waals surface area contributed by atoms with Gasteiger partial charge in [-0.15, -0.1) is 0 Å². The minimum absolute atomic E-state index is 0.0821. The van der Waals surface area contributed by atoms with E-state index in [1.165, 1.54) is 121 Å². The molecule has 4 aliphatic carbocycles. The van der Waals surface area contributed by atoms with E-state index >= 15 is 0 Å². The predicted molar refractivity (Wildman–Crippen MR) is 608 cm³/mol.